The van der Waals surface area contributed by atoms with Crippen molar-refractivity contribution in [1.29, 1.82) is 0 Å². The molecule has 0 aromatic carbocycles. The minimum absolute atomic E-state index is 0.758. The highest BCUT2D eigenvalue weighted by atomic mass is 15.2. The molecule has 0 bridgehead atoms. The average Bonchev–Trinajstić information content (AvgIpc) is 2.39. The number of nitrogens with one attached hydrogen (secondary N) is 1. The SMILES string of the molecule is CCCCCCCCCN1CCCC(NCC)C1. The molecule has 0 saturated carbocycles. The van der Waals surface area contributed by atoms with E-state index >= 15 is 0 Å². The average molecular weight is 254 g/mol. The first-order valence-electron chi connectivity index (χ1n) is 8.32. The molecule has 0 radical (unpaired) electrons. The summed E-state index contributed by atoms with van der Waals surface area (Å²) in [6, 6.07) is 0.758. The summed E-state index contributed by atoms with van der Waals surface area (Å²) in [6.07, 6.45) is 12.7. The highest BCUT2D eigenvalue weighted by Gasteiger charge is 2.17. The Bertz CT molecular complexity index is 180. The molecule has 1 N–H and O–H groups in total. The van der Waals surface area contributed by atoms with Crippen LogP contribution in [0, 0.1) is 0 Å². The minimum Gasteiger partial charge on any atom is -0.313 e. The Morgan fingerprint density at radius 3 is 2.44 bits per heavy atom. The summed E-state index contributed by atoms with van der Waals surface area (Å²) in [5, 5.41) is 3.60. The number of piperidine rings is 1. The van der Waals surface area contributed by atoms with Gasteiger partial charge in [-0.3, -0.25) is 0 Å². The van der Waals surface area contributed by atoms with E-state index in [1.54, 1.807) is 0 Å². The lowest BCUT2D eigenvalue weighted by Gasteiger charge is -2.33. The molecule has 1 rings (SSSR count). The van der Waals surface area contributed by atoms with Crippen LogP contribution in [-0.4, -0.2) is 37.1 Å². The molecule has 0 amide bonds. The van der Waals surface area contributed by atoms with Gasteiger partial charge in [-0.1, -0.05) is 52.4 Å². The monoisotopic (exact) mass is 254 g/mol. The van der Waals surface area contributed by atoms with Crippen LogP contribution in [0.15, 0.2) is 0 Å². The fraction of sp³-hybridized carbons (Fsp3) is 1.00. The van der Waals surface area contributed by atoms with Gasteiger partial charge >= 0.3 is 0 Å². The van der Waals surface area contributed by atoms with Gasteiger partial charge in [0.15, 0.2) is 0 Å². The first-order chi connectivity index (χ1) is 8.86. The summed E-state index contributed by atoms with van der Waals surface area (Å²) in [7, 11) is 0. The van der Waals surface area contributed by atoms with Crippen LogP contribution in [0.2, 0.25) is 0 Å². The number of unbranched alkanes of at least 4 members (excludes halogenated alkanes) is 6. The molecule has 1 aliphatic rings. The Balaban J connectivity index is 1.94. The van der Waals surface area contributed by atoms with Crippen molar-refractivity contribution in [2.75, 3.05) is 26.2 Å². The van der Waals surface area contributed by atoms with Gasteiger partial charge in [0.05, 0.1) is 0 Å². The molecule has 2 heteroatoms. The number of hydrogen-bond donors (Lipinski definition) is 1. The van der Waals surface area contributed by atoms with Gasteiger partial charge in [-0.2, -0.15) is 0 Å². The largest absolute Gasteiger partial charge is 0.313 e. The van der Waals surface area contributed by atoms with Crippen LogP contribution in [-0.2, 0) is 0 Å². The van der Waals surface area contributed by atoms with E-state index in [4.69, 9.17) is 0 Å². The molecule has 1 fully saturated rings. The maximum Gasteiger partial charge on any atom is 0.0195 e. The Kier molecular flexibility index (Phi) is 9.59. The topological polar surface area (TPSA) is 15.3 Å². The molecule has 108 valence electrons. The third-order valence-corrected chi connectivity index (χ3v) is 4.08. The number of hydrogen-bond acceptors (Lipinski definition) is 2. The third-order valence-electron chi connectivity index (χ3n) is 4.08. The Hall–Kier alpha value is -0.0800. The normalized spacial score (nSPS) is 21.3. The quantitative estimate of drug-likeness (QED) is 0.596. The van der Waals surface area contributed by atoms with E-state index in [1.165, 1.54) is 77.4 Å². The molecule has 0 aromatic rings. The van der Waals surface area contributed by atoms with Gasteiger partial charge in [0.25, 0.3) is 0 Å². The number of likely N-dealkylation sites (N-methyl/N-ethyl adjacent to an activating group) is 1. The molecule has 0 aliphatic carbocycles. The van der Waals surface area contributed by atoms with E-state index in [-0.39, 0.29) is 0 Å². The van der Waals surface area contributed by atoms with Gasteiger partial charge in [-0.05, 0) is 38.9 Å². The van der Waals surface area contributed by atoms with Crippen LogP contribution in [0.3, 0.4) is 0 Å². The minimum atomic E-state index is 0.758. The number of likely N-dealkylation sites (tertiary alicyclic amines) is 1. The zero-order valence-electron chi connectivity index (χ0n) is 12.7. The molecule has 1 aliphatic heterocycles. The fourth-order valence-corrected chi connectivity index (χ4v) is 3.01. The lowest BCUT2D eigenvalue weighted by Crippen LogP contribution is -2.45. The molecule has 0 spiro atoms. The second-order valence-electron chi connectivity index (χ2n) is 5.82. The maximum absolute atomic E-state index is 3.60. The lowest BCUT2D eigenvalue weighted by atomic mass is 10.0. The van der Waals surface area contributed by atoms with E-state index in [9.17, 15) is 0 Å². The zero-order chi connectivity index (χ0) is 13.1. The smallest absolute Gasteiger partial charge is 0.0195 e. The highest BCUT2D eigenvalue weighted by molar-refractivity contribution is 4.77. The molecular formula is C16H34N2. The zero-order valence-corrected chi connectivity index (χ0v) is 12.7. The fourth-order valence-electron chi connectivity index (χ4n) is 3.01. The summed E-state index contributed by atoms with van der Waals surface area (Å²) in [4.78, 5) is 2.67. The van der Waals surface area contributed by atoms with Crippen LogP contribution < -0.4 is 5.32 Å². The lowest BCUT2D eigenvalue weighted by molar-refractivity contribution is 0.188. The second kappa shape index (κ2) is 10.8. The van der Waals surface area contributed by atoms with Gasteiger partial charge in [-0.15, -0.1) is 0 Å². The van der Waals surface area contributed by atoms with Crippen LogP contribution in [0.1, 0.15) is 71.6 Å². The van der Waals surface area contributed by atoms with Crippen LogP contribution >= 0.6 is 0 Å². The van der Waals surface area contributed by atoms with Crippen molar-refractivity contribution in [3.8, 4) is 0 Å². The summed E-state index contributed by atoms with van der Waals surface area (Å²) in [5.41, 5.74) is 0. The molecule has 2 nitrogen and oxygen atoms in total. The van der Waals surface area contributed by atoms with Gasteiger partial charge in [-0.25, -0.2) is 0 Å². The molecule has 1 atom stereocenters. The van der Waals surface area contributed by atoms with Crippen LogP contribution in [0.4, 0.5) is 0 Å². The first kappa shape index (κ1) is 16.0. The summed E-state index contributed by atoms with van der Waals surface area (Å²) in [6.45, 7) is 9.57. The van der Waals surface area contributed by atoms with Gasteiger partial charge in [0.2, 0.25) is 0 Å². The molecule has 1 saturated heterocycles. The molecule has 1 heterocycles. The molecule has 18 heavy (non-hydrogen) atoms. The molecule has 0 aromatic heterocycles. The standard InChI is InChI=1S/C16H34N2/c1-3-5-6-7-8-9-10-13-18-14-11-12-16(15-18)17-4-2/h16-17H,3-15H2,1-2H3. The van der Waals surface area contributed by atoms with Crippen molar-refractivity contribution in [2.45, 2.75) is 77.7 Å². The van der Waals surface area contributed by atoms with Crippen molar-refractivity contribution in [2.24, 2.45) is 0 Å². The summed E-state index contributed by atoms with van der Waals surface area (Å²) >= 11 is 0. The van der Waals surface area contributed by atoms with E-state index in [0.29, 0.717) is 0 Å². The Labute approximate surface area is 115 Å². The predicted molar refractivity (Wildman–Crippen MR) is 81.1 cm³/mol. The molecule has 1 unspecified atom stereocenters. The van der Waals surface area contributed by atoms with Crippen molar-refractivity contribution >= 4 is 0 Å². The van der Waals surface area contributed by atoms with E-state index in [1.807, 2.05) is 0 Å². The van der Waals surface area contributed by atoms with Crippen LogP contribution in [0.25, 0.3) is 0 Å². The first-order valence-corrected chi connectivity index (χ1v) is 8.32. The van der Waals surface area contributed by atoms with Gasteiger partial charge in [0, 0.05) is 12.6 Å². The summed E-state index contributed by atoms with van der Waals surface area (Å²) < 4.78 is 0. The third kappa shape index (κ3) is 7.38. The van der Waals surface area contributed by atoms with Crippen molar-refractivity contribution in [3.63, 3.8) is 0 Å². The van der Waals surface area contributed by atoms with Gasteiger partial charge in [0.1, 0.15) is 0 Å². The van der Waals surface area contributed by atoms with Crippen molar-refractivity contribution in [1.82, 2.24) is 10.2 Å². The van der Waals surface area contributed by atoms with E-state index in [2.05, 4.69) is 24.1 Å². The van der Waals surface area contributed by atoms with Crippen LogP contribution in [0.5, 0.6) is 0 Å². The Morgan fingerprint density at radius 1 is 1.00 bits per heavy atom. The highest BCUT2D eigenvalue weighted by Crippen LogP contribution is 2.12. The second-order valence-corrected chi connectivity index (χ2v) is 5.82. The number of nitrogens with zero attached hydrogens (tertiary/aromatic N) is 1. The van der Waals surface area contributed by atoms with E-state index in [0.717, 1.165) is 12.6 Å². The van der Waals surface area contributed by atoms with Crippen molar-refractivity contribution in [3.05, 3.63) is 0 Å². The Morgan fingerprint density at radius 2 is 1.72 bits per heavy atom. The number of rotatable bonds is 10. The van der Waals surface area contributed by atoms with E-state index < -0.39 is 0 Å². The molecular weight excluding hydrogens is 220 g/mol. The maximum atomic E-state index is 3.60. The van der Waals surface area contributed by atoms with Gasteiger partial charge < -0.3 is 10.2 Å². The predicted octanol–water partition coefficient (Wildman–Crippen LogP) is 3.81. The summed E-state index contributed by atoms with van der Waals surface area (Å²) in [5.74, 6) is 0. The van der Waals surface area contributed by atoms with Crippen molar-refractivity contribution < 1.29 is 0 Å².